The molecule has 1 aliphatic carbocycles. The van der Waals surface area contributed by atoms with E-state index in [1.807, 2.05) is 5.38 Å². The van der Waals surface area contributed by atoms with E-state index in [0.29, 0.717) is 28.8 Å². The fourth-order valence-corrected chi connectivity index (χ4v) is 3.75. The SMILES string of the molecule is COc1cc(OC)nc(Nc2nc(C(N)C3CCCCC3)cs2)n1. The van der Waals surface area contributed by atoms with E-state index >= 15 is 0 Å². The van der Waals surface area contributed by atoms with Crippen molar-refractivity contribution in [1.29, 1.82) is 0 Å². The van der Waals surface area contributed by atoms with Gasteiger partial charge in [0.15, 0.2) is 5.13 Å². The van der Waals surface area contributed by atoms with Crippen molar-refractivity contribution in [1.82, 2.24) is 15.0 Å². The van der Waals surface area contributed by atoms with Crippen LogP contribution in [0.25, 0.3) is 0 Å². The molecule has 1 unspecified atom stereocenters. The molecule has 7 nitrogen and oxygen atoms in total. The maximum atomic E-state index is 6.41. The second-order valence-electron chi connectivity index (χ2n) is 5.90. The van der Waals surface area contributed by atoms with E-state index in [4.69, 9.17) is 15.2 Å². The third kappa shape index (κ3) is 3.93. The zero-order chi connectivity index (χ0) is 16.9. The van der Waals surface area contributed by atoms with Crippen LogP contribution < -0.4 is 20.5 Å². The van der Waals surface area contributed by atoms with E-state index < -0.39 is 0 Å². The van der Waals surface area contributed by atoms with Gasteiger partial charge in [-0.25, -0.2) is 4.98 Å². The van der Waals surface area contributed by atoms with Gasteiger partial charge in [-0.1, -0.05) is 19.3 Å². The number of hydrogen-bond acceptors (Lipinski definition) is 8. The Labute approximate surface area is 145 Å². The summed E-state index contributed by atoms with van der Waals surface area (Å²) in [5.41, 5.74) is 7.35. The molecule has 1 atom stereocenters. The maximum Gasteiger partial charge on any atom is 0.235 e. The van der Waals surface area contributed by atoms with Crippen LogP contribution in [0.4, 0.5) is 11.1 Å². The maximum absolute atomic E-state index is 6.41. The topological polar surface area (TPSA) is 95.2 Å². The molecule has 0 aliphatic heterocycles. The molecule has 0 spiro atoms. The van der Waals surface area contributed by atoms with Crippen molar-refractivity contribution in [3.63, 3.8) is 0 Å². The number of thiazole rings is 1. The Morgan fingerprint density at radius 2 is 1.79 bits per heavy atom. The first-order valence-electron chi connectivity index (χ1n) is 8.14. The molecule has 3 rings (SSSR count). The summed E-state index contributed by atoms with van der Waals surface area (Å²) in [6.07, 6.45) is 6.24. The van der Waals surface area contributed by atoms with Crippen molar-refractivity contribution in [2.75, 3.05) is 19.5 Å². The predicted molar refractivity (Wildman–Crippen MR) is 94.0 cm³/mol. The molecule has 0 bridgehead atoms. The first kappa shape index (κ1) is 16.9. The second kappa shape index (κ2) is 7.76. The number of methoxy groups -OCH3 is 2. The fraction of sp³-hybridized carbons (Fsp3) is 0.562. The van der Waals surface area contributed by atoms with Gasteiger partial charge in [-0.05, 0) is 18.8 Å². The molecule has 8 heteroatoms. The van der Waals surface area contributed by atoms with Crippen molar-refractivity contribution in [3.05, 3.63) is 17.1 Å². The monoisotopic (exact) mass is 349 g/mol. The molecule has 130 valence electrons. The van der Waals surface area contributed by atoms with E-state index in [-0.39, 0.29) is 6.04 Å². The highest BCUT2D eigenvalue weighted by molar-refractivity contribution is 7.13. The normalized spacial score (nSPS) is 16.6. The largest absolute Gasteiger partial charge is 0.481 e. The van der Waals surface area contributed by atoms with Crippen molar-refractivity contribution >= 4 is 22.4 Å². The van der Waals surface area contributed by atoms with Gasteiger partial charge in [-0.2, -0.15) is 9.97 Å². The number of nitrogens with two attached hydrogens (primary N) is 1. The highest BCUT2D eigenvalue weighted by Crippen LogP contribution is 2.34. The van der Waals surface area contributed by atoms with Crippen molar-refractivity contribution < 1.29 is 9.47 Å². The first-order chi connectivity index (χ1) is 11.7. The van der Waals surface area contributed by atoms with E-state index in [9.17, 15) is 0 Å². The summed E-state index contributed by atoms with van der Waals surface area (Å²) in [5.74, 6) is 1.78. The number of anilines is 2. The Morgan fingerprint density at radius 3 is 2.42 bits per heavy atom. The van der Waals surface area contributed by atoms with Crippen LogP contribution in [-0.4, -0.2) is 29.2 Å². The van der Waals surface area contributed by atoms with Crippen molar-refractivity contribution in [2.24, 2.45) is 11.7 Å². The summed E-state index contributed by atoms with van der Waals surface area (Å²) in [6.45, 7) is 0. The Kier molecular flexibility index (Phi) is 5.47. The predicted octanol–water partition coefficient (Wildman–Crippen LogP) is 3.27. The summed E-state index contributed by atoms with van der Waals surface area (Å²) < 4.78 is 10.3. The van der Waals surface area contributed by atoms with Gasteiger partial charge in [0.2, 0.25) is 17.7 Å². The van der Waals surface area contributed by atoms with Crippen molar-refractivity contribution in [3.8, 4) is 11.8 Å². The molecule has 3 N–H and O–H groups in total. The van der Waals surface area contributed by atoms with E-state index in [2.05, 4.69) is 20.3 Å². The second-order valence-corrected chi connectivity index (χ2v) is 6.76. The number of nitrogens with zero attached hydrogens (tertiary/aromatic N) is 3. The van der Waals surface area contributed by atoms with E-state index in [1.54, 1.807) is 20.3 Å². The van der Waals surface area contributed by atoms with Crippen molar-refractivity contribution in [2.45, 2.75) is 38.1 Å². The summed E-state index contributed by atoms with van der Waals surface area (Å²) in [5, 5.41) is 5.83. The Bertz CT molecular complexity index is 650. The average Bonchev–Trinajstić information content (AvgIpc) is 3.09. The smallest absolute Gasteiger partial charge is 0.235 e. The van der Waals surface area contributed by atoms with Crippen LogP contribution in [-0.2, 0) is 0 Å². The van der Waals surface area contributed by atoms with E-state index in [0.717, 1.165) is 5.69 Å². The summed E-state index contributed by atoms with van der Waals surface area (Å²) >= 11 is 1.50. The molecule has 2 heterocycles. The third-order valence-electron chi connectivity index (χ3n) is 4.34. The third-order valence-corrected chi connectivity index (χ3v) is 5.11. The lowest BCUT2D eigenvalue weighted by molar-refractivity contribution is 0.305. The summed E-state index contributed by atoms with van der Waals surface area (Å²) in [6, 6.07) is 1.62. The number of rotatable bonds is 6. The number of aromatic nitrogens is 3. The highest BCUT2D eigenvalue weighted by Gasteiger charge is 2.23. The van der Waals surface area contributed by atoms with Gasteiger partial charge in [0.05, 0.1) is 32.0 Å². The summed E-state index contributed by atoms with van der Waals surface area (Å²) in [7, 11) is 3.10. The van der Waals surface area contributed by atoms with Crippen LogP contribution in [0.5, 0.6) is 11.8 Å². The van der Waals surface area contributed by atoms with Gasteiger partial charge in [0, 0.05) is 5.38 Å². The molecule has 1 fully saturated rings. The molecule has 1 aliphatic rings. The average molecular weight is 349 g/mol. The van der Waals surface area contributed by atoms with Gasteiger partial charge < -0.3 is 15.2 Å². The highest BCUT2D eigenvalue weighted by atomic mass is 32.1. The van der Waals surface area contributed by atoms with Gasteiger partial charge >= 0.3 is 0 Å². The fourth-order valence-electron chi connectivity index (χ4n) is 3.00. The van der Waals surface area contributed by atoms with E-state index in [1.165, 1.54) is 43.4 Å². The molecule has 0 radical (unpaired) electrons. The van der Waals surface area contributed by atoms with Crippen LogP contribution >= 0.6 is 11.3 Å². The minimum absolute atomic E-state index is 0.00198. The molecule has 1 saturated carbocycles. The molecule has 0 saturated heterocycles. The molecular weight excluding hydrogens is 326 g/mol. The summed E-state index contributed by atoms with van der Waals surface area (Å²) in [4.78, 5) is 13.1. The number of nitrogens with one attached hydrogen (secondary N) is 1. The van der Waals surface area contributed by atoms with Gasteiger partial charge in [-0.3, -0.25) is 5.32 Å². The standard InChI is InChI=1S/C16H23N5O2S/c1-22-12-8-13(23-2)20-15(19-12)21-16-18-11(9-24-16)14(17)10-6-4-3-5-7-10/h8-10,14H,3-7,17H2,1-2H3,(H,18,19,20,21). The molecule has 24 heavy (non-hydrogen) atoms. The first-order valence-corrected chi connectivity index (χ1v) is 9.02. The Morgan fingerprint density at radius 1 is 1.12 bits per heavy atom. The van der Waals surface area contributed by atoms with Crippen LogP contribution in [0.15, 0.2) is 11.4 Å². The Balaban J connectivity index is 1.71. The molecular formula is C16H23N5O2S. The molecule has 2 aromatic heterocycles. The van der Waals surface area contributed by atoms with Gasteiger partial charge in [0.1, 0.15) is 0 Å². The minimum Gasteiger partial charge on any atom is -0.481 e. The zero-order valence-corrected chi connectivity index (χ0v) is 14.8. The molecule has 0 aromatic carbocycles. The van der Waals surface area contributed by atoms with Crippen LogP contribution in [0.3, 0.4) is 0 Å². The van der Waals surface area contributed by atoms with Crippen LogP contribution in [0.2, 0.25) is 0 Å². The van der Waals surface area contributed by atoms with Gasteiger partial charge in [-0.15, -0.1) is 11.3 Å². The molecule has 2 aromatic rings. The number of ether oxygens (including phenoxy) is 2. The van der Waals surface area contributed by atoms with Gasteiger partial charge in [0.25, 0.3) is 0 Å². The Hall–Kier alpha value is -1.93. The molecule has 0 amide bonds. The van der Waals surface area contributed by atoms with Crippen LogP contribution in [0.1, 0.15) is 43.8 Å². The lowest BCUT2D eigenvalue weighted by atomic mass is 9.83. The minimum atomic E-state index is -0.00198. The lowest BCUT2D eigenvalue weighted by Gasteiger charge is -2.26. The zero-order valence-electron chi connectivity index (χ0n) is 14.0. The quantitative estimate of drug-likeness (QED) is 0.826. The lowest BCUT2D eigenvalue weighted by Crippen LogP contribution is -2.23. The number of hydrogen-bond donors (Lipinski definition) is 2. The van der Waals surface area contributed by atoms with Crippen LogP contribution in [0, 0.1) is 5.92 Å².